The van der Waals surface area contributed by atoms with Gasteiger partial charge in [-0.2, -0.15) is 0 Å². The van der Waals surface area contributed by atoms with Gasteiger partial charge in [-0.3, -0.25) is 0 Å². The van der Waals surface area contributed by atoms with Gasteiger partial charge < -0.3 is 14.8 Å². The molecule has 0 saturated carbocycles. The van der Waals surface area contributed by atoms with Gasteiger partial charge in [-0.25, -0.2) is 0 Å². The van der Waals surface area contributed by atoms with Crippen molar-refractivity contribution >= 4 is 11.6 Å². The Morgan fingerprint density at radius 1 is 1.50 bits per heavy atom. The van der Waals surface area contributed by atoms with Crippen molar-refractivity contribution in [3.8, 4) is 11.5 Å². The lowest BCUT2D eigenvalue weighted by Crippen LogP contribution is -2.33. The van der Waals surface area contributed by atoms with Crippen LogP contribution in [-0.4, -0.2) is 20.3 Å². The number of rotatable bonds is 2. The number of ether oxygens (including phenoxy) is 2. The monoisotopic (exact) mass is 267 g/mol. The molecule has 0 aromatic heterocycles. The Hall–Kier alpha value is -0.930. The molecule has 1 N–H and O–H groups in total. The van der Waals surface area contributed by atoms with Crippen molar-refractivity contribution in [2.24, 2.45) is 0 Å². The van der Waals surface area contributed by atoms with E-state index in [2.05, 4.69) is 12.2 Å². The number of hydrogen-bond acceptors (Lipinski definition) is 3. The minimum absolute atomic E-state index is 0.0397. The molecular weight excluding hydrogens is 250 g/mol. The van der Waals surface area contributed by atoms with Crippen LogP contribution in [-0.2, 0) is 12.0 Å². The summed E-state index contributed by atoms with van der Waals surface area (Å²) in [6, 6.07) is 2.03. The molecule has 2 aliphatic rings. The van der Waals surface area contributed by atoms with Crippen LogP contribution in [0, 0.1) is 0 Å². The van der Waals surface area contributed by atoms with Crippen LogP contribution >= 0.6 is 11.6 Å². The molecule has 3 nitrogen and oxygen atoms in total. The number of halogens is 1. The molecule has 1 fully saturated rings. The van der Waals surface area contributed by atoms with E-state index in [-0.39, 0.29) is 5.54 Å². The van der Waals surface area contributed by atoms with Crippen LogP contribution < -0.4 is 14.8 Å². The smallest absolute Gasteiger partial charge is 0.165 e. The molecule has 1 aromatic rings. The highest BCUT2D eigenvalue weighted by atomic mass is 35.5. The number of benzene rings is 1. The van der Waals surface area contributed by atoms with Gasteiger partial charge in [0.15, 0.2) is 11.5 Å². The molecular formula is C14H18ClNO2. The second-order valence-electron chi connectivity index (χ2n) is 5.21. The van der Waals surface area contributed by atoms with Crippen LogP contribution in [0.25, 0.3) is 0 Å². The molecule has 0 radical (unpaired) electrons. The molecule has 1 unspecified atom stereocenters. The Balaban J connectivity index is 2.15. The molecule has 0 amide bonds. The van der Waals surface area contributed by atoms with Crippen molar-refractivity contribution in [3.63, 3.8) is 0 Å². The van der Waals surface area contributed by atoms with Gasteiger partial charge in [0.2, 0.25) is 0 Å². The van der Waals surface area contributed by atoms with Gasteiger partial charge in [0.1, 0.15) is 0 Å². The van der Waals surface area contributed by atoms with E-state index in [9.17, 15) is 0 Å². The second kappa shape index (κ2) is 4.32. The summed E-state index contributed by atoms with van der Waals surface area (Å²) in [5, 5.41) is 4.40. The lowest BCUT2D eigenvalue weighted by atomic mass is 9.88. The molecule has 4 heteroatoms. The Morgan fingerprint density at radius 2 is 2.33 bits per heavy atom. The van der Waals surface area contributed by atoms with E-state index >= 15 is 0 Å². The van der Waals surface area contributed by atoms with Crippen LogP contribution in [0.2, 0.25) is 5.02 Å². The van der Waals surface area contributed by atoms with E-state index < -0.39 is 0 Å². The normalized spacial score (nSPS) is 25.9. The van der Waals surface area contributed by atoms with Gasteiger partial charge in [-0.15, -0.1) is 0 Å². The maximum absolute atomic E-state index is 6.58. The molecule has 18 heavy (non-hydrogen) atoms. The fraction of sp³-hybridized carbons (Fsp3) is 0.571. The van der Waals surface area contributed by atoms with E-state index in [1.807, 2.05) is 6.07 Å². The highest BCUT2D eigenvalue weighted by molar-refractivity contribution is 6.32. The molecule has 1 saturated heterocycles. The average Bonchev–Trinajstić information content (AvgIpc) is 2.99. The number of methoxy groups -OCH3 is 1. The molecule has 2 aliphatic heterocycles. The molecule has 3 rings (SSSR count). The van der Waals surface area contributed by atoms with Crippen molar-refractivity contribution in [1.29, 1.82) is 0 Å². The van der Waals surface area contributed by atoms with Crippen LogP contribution in [0.3, 0.4) is 0 Å². The zero-order valence-corrected chi connectivity index (χ0v) is 11.6. The maximum atomic E-state index is 6.58. The first-order valence-electron chi connectivity index (χ1n) is 6.43. The quantitative estimate of drug-likeness (QED) is 0.894. The highest BCUT2D eigenvalue weighted by Gasteiger charge is 2.35. The maximum Gasteiger partial charge on any atom is 0.165 e. The van der Waals surface area contributed by atoms with Gasteiger partial charge in [-0.05, 0) is 37.9 Å². The van der Waals surface area contributed by atoms with Crippen LogP contribution in [0.15, 0.2) is 6.07 Å². The van der Waals surface area contributed by atoms with Gasteiger partial charge in [0, 0.05) is 17.5 Å². The Labute approximate surface area is 112 Å². The summed E-state index contributed by atoms with van der Waals surface area (Å²) in [5.74, 6) is 1.63. The fourth-order valence-electron chi connectivity index (χ4n) is 2.99. The predicted octanol–water partition coefficient (Wildman–Crippen LogP) is 2.88. The summed E-state index contributed by atoms with van der Waals surface area (Å²) in [5.41, 5.74) is 2.20. The fourth-order valence-corrected chi connectivity index (χ4v) is 3.43. The Morgan fingerprint density at radius 3 is 3.00 bits per heavy atom. The van der Waals surface area contributed by atoms with E-state index in [0.717, 1.165) is 47.0 Å². The van der Waals surface area contributed by atoms with Gasteiger partial charge in [-0.1, -0.05) is 11.6 Å². The first-order valence-corrected chi connectivity index (χ1v) is 6.81. The topological polar surface area (TPSA) is 30.5 Å². The van der Waals surface area contributed by atoms with Crippen molar-refractivity contribution in [2.75, 3.05) is 20.3 Å². The highest BCUT2D eigenvalue weighted by Crippen LogP contribution is 2.46. The minimum Gasteiger partial charge on any atom is -0.493 e. The van der Waals surface area contributed by atoms with Crippen LogP contribution in [0.5, 0.6) is 11.5 Å². The van der Waals surface area contributed by atoms with Gasteiger partial charge >= 0.3 is 0 Å². The van der Waals surface area contributed by atoms with Crippen molar-refractivity contribution in [2.45, 2.75) is 31.7 Å². The van der Waals surface area contributed by atoms with Crippen molar-refractivity contribution < 1.29 is 9.47 Å². The zero-order valence-electron chi connectivity index (χ0n) is 10.8. The zero-order chi connectivity index (χ0) is 12.8. The average molecular weight is 268 g/mol. The summed E-state index contributed by atoms with van der Waals surface area (Å²) < 4.78 is 11.1. The number of hydrogen-bond donors (Lipinski definition) is 1. The molecule has 0 bridgehead atoms. The minimum atomic E-state index is -0.0397. The summed E-state index contributed by atoms with van der Waals surface area (Å²) >= 11 is 6.58. The van der Waals surface area contributed by atoms with Gasteiger partial charge in [0.05, 0.1) is 18.7 Å². The Kier molecular flexibility index (Phi) is 2.91. The summed E-state index contributed by atoms with van der Waals surface area (Å²) in [6.45, 7) is 3.95. The van der Waals surface area contributed by atoms with Crippen molar-refractivity contribution in [1.82, 2.24) is 5.32 Å². The van der Waals surface area contributed by atoms with Crippen LogP contribution in [0.1, 0.15) is 30.9 Å². The Bertz CT molecular complexity index is 481. The second-order valence-corrected chi connectivity index (χ2v) is 5.59. The molecule has 1 atom stereocenters. The van der Waals surface area contributed by atoms with E-state index in [1.165, 1.54) is 6.42 Å². The SMILES string of the molecule is COc1cc(C2(C)CCCN2)c(Cl)c2c1OCC2. The summed E-state index contributed by atoms with van der Waals surface area (Å²) in [4.78, 5) is 0. The molecule has 1 aromatic carbocycles. The van der Waals surface area contributed by atoms with E-state index in [4.69, 9.17) is 21.1 Å². The standard InChI is InChI=1S/C14H18ClNO2/c1-14(5-3-6-16-14)10-8-11(17-2)13-9(12(10)15)4-7-18-13/h8,16H,3-7H2,1-2H3. The third-order valence-corrected chi connectivity index (χ3v) is 4.49. The summed E-state index contributed by atoms with van der Waals surface area (Å²) in [7, 11) is 1.68. The predicted molar refractivity (Wildman–Crippen MR) is 71.8 cm³/mol. The first-order chi connectivity index (χ1) is 8.65. The van der Waals surface area contributed by atoms with Crippen molar-refractivity contribution in [3.05, 3.63) is 22.2 Å². The lowest BCUT2D eigenvalue weighted by Gasteiger charge is -2.27. The molecule has 0 spiro atoms. The van der Waals surface area contributed by atoms with Crippen LogP contribution in [0.4, 0.5) is 0 Å². The van der Waals surface area contributed by atoms with E-state index in [1.54, 1.807) is 7.11 Å². The molecule has 2 heterocycles. The lowest BCUT2D eigenvalue weighted by molar-refractivity contribution is 0.325. The van der Waals surface area contributed by atoms with E-state index in [0.29, 0.717) is 6.61 Å². The number of nitrogens with one attached hydrogen (secondary N) is 1. The third-order valence-electron chi connectivity index (χ3n) is 4.06. The summed E-state index contributed by atoms with van der Waals surface area (Å²) in [6.07, 6.45) is 3.16. The van der Waals surface area contributed by atoms with Gasteiger partial charge in [0.25, 0.3) is 0 Å². The third kappa shape index (κ3) is 1.69. The first kappa shape index (κ1) is 12.1. The molecule has 98 valence electrons. The molecule has 0 aliphatic carbocycles. The largest absolute Gasteiger partial charge is 0.493 e. The number of fused-ring (bicyclic) bond motifs is 1.